The van der Waals surface area contributed by atoms with Gasteiger partial charge < -0.3 is 10.6 Å². The van der Waals surface area contributed by atoms with E-state index >= 15 is 0 Å². The molecule has 0 spiro atoms. The van der Waals surface area contributed by atoms with Crippen LogP contribution in [0.3, 0.4) is 0 Å². The number of nitrogens with zero attached hydrogens (tertiary/aromatic N) is 1. The first-order chi connectivity index (χ1) is 12.7. The van der Waals surface area contributed by atoms with E-state index in [1.165, 1.54) is 0 Å². The highest BCUT2D eigenvalue weighted by Crippen LogP contribution is 2.30. The van der Waals surface area contributed by atoms with Gasteiger partial charge in [-0.2, -0.15) is 0 Å². The standard InChI is InChI=1S/C19H17BrClN3O3/c1-11-6-7-14(9-15(11)21)22-16(25)10-24-17(26)19(2,23-18(24)27)12-4-3-5-13(20)8-12/h3-9H,10H2,1-2H3,(H,22,25)(H,23,27)/t19-/m0/s1. The van der Waals surface area contributed by atoms with Crippen molar-refractivity contribution < 1.29 is 14.4 Å². The zero-order chi connectivity index (χ0) is 19.8. The summed E-state index contributed by atoms with van der Waals surface area (Å²) in [6, 6.07) is 11.6. The number of urea groups is 1. The Morgan fingerprint density at radius 3 is 2.67 bits per heavy atom. The predicted molar refractivity (Wildman–Crippen MR) is 107 cm³/mol. The Morgan fingerprint density at radius 1 is 1.26 bits per heavy atom. The van der Waals surface area contributed by atoms with Crippen molar-refractivity contribution in [3.05, 3.63) is 63.1 Å². The van der Waals surface area contributed by atoms with E-state index < -0.39 is 23.4 Å². The Labute approximate surface area is 170 Å². The molecule has 1 aliphatic heterocycles. The van der Waals surface area contributed by atoms with E-state index in [9.17, 15) is 14.4 Å². The van der Waals surface area contributed by atoms with E-state index in [4.69, 9.17) is 11.6 Å². The fourth-order valence-corrected chi connectivity index (χ4v) is 3.43. The molecule has 2 aromatic rings. The number of carbonyl (C=O) groups is 3. The van der Waals surface area contributed by atoms with Crippen LogP contribution in [0.5, 0.6) is 0 Å². The quantitative estimate of drug-likeness (QED) is 0.695. The highest BCUT2D eigenvalue weighted by atomic mass is 79.9. The van der Waals surface area contributed by atoms with E-state index in [2.05, 4.69) is 26.6 Å². The van der Waals surface area contributed by atoms with E-state index in [0.29, 0.717) is 16.3 Å². The molecule has 0 radical (unpaired) electrons. The molecule has 1 fully saturated rings. The number of imide groups is 1. The average molecular weight is 451 g/mol. The molecule has 1 heterocycles. The first-order valence-electron chi connectivity index (χ1n) is 8.17. The van der Waals surface area contributed by atoms with Gasteiger partial charge in [-0.05, 0) is 49.2 Å². The van der Waals surface area contributed by atoms with Crippen molar-refractivity contribution in [2.24, 2.45) is 0 Å². The number of amides is 4. The molecule has 3 rings (SSSR count). The van der Waals surface area contributed by atoms with Gasteiger partial charge in [0.05, 0.1) is 0 Å². The monoisotopic (exact) mass is 449 g/mol. The van der Waals surface area contributed by atoms with Crippen LogP contribution in [0.2, 0.25) is 5.02 Å². The summed E-state index contributed by atoms with van der Waals surface area (Å²) >= 11 is 9.41. The third-order valence-electron chi connectivity index (χ3n) is 4.43. The van der Waals surface area contributed by atoms with Crippen molar-refractivity contribution >= 4 is 51.1 Å². The molecule has 140 valence electrons. The van der Waals surface area contributed by atoms with Gasteiger partial charge in [-0.3, -0.25) is 14.5 Å². The lowest BCUT2D eigenvalue weighted by molar-refractivity contribution is -0.133. The van der Waals surface area contributed by atoms with Crippen LogP contribution in [-0.4, -0.2) is 29.3 Å². The zero-order valence-electron chi connectivity index (χ0n) is 14.7. The topological polar surface area (TPSA) is 78.5 Å². The minimum Gasteiger partial charge on any atom is -0.324 e. The Kier molecular flexibility index (Phi) is 5.26. The third kappa shape index (κ3) is 3.84. The Bertz CT molecular complexity index is 950. The minimum atomic E-state index is -1.23. The maximum Gasteiger partial charge on any atom is 0.325 e. The number of carbonyl (C=O) groups excluding carboxylic acids is 3. The highest BCUT2D eigenvalue weighted by molar-refractivity contribution is 9.10. The van der Waals surface area contributed by atoms with Gasteiger partial charge in [0, 0.05) is 15.2 Å². The highest BCUT2D eigenvalue weighted by Gasteiger charge is 2.49. The first kappa shape index (κ1) is 19.4. The fraction of sp³-hybridized carbons (Fsp3) is 0.211. The summed E-state index contributed by atoms with van der Waals surface area (Å²) < 4.78 is 0.788. The maximum absolute atomic E-state index is 12.9. The Balaban J connectivity index is 1.75. The molecule has 0 aromatic heterocycles. The van der Waals surface area contributed by atoms with Crippen molar-refractivity contribution in [1.82, 2.24) is 10.2 Å². The van der Waals surface area contributed by atoms with E-state index in [-0.39, 0.29) is 6.54 Å². The lowest BCUT2D eigenvalue weighted by atomic mass is 9.92. The molecule has 0 bridgehead atoms. The van der Waals surface area contributed by atoms with Crippen LogP contribution in [0.15, 0.2) is 46.9 Å². The first-order valence-corrected chi connectivity index (χ1v) is 9.34. The summed E-state index contributed by atoms with van der Waals surface area (Å²) in [7, 11) is 0. The second-order valence-corrected chi connectivity index (χ2v) is 7.79. The van der Waals surface area contributed by atoms with Crippen LogP contribution in [0, 0.1) is 6.92 Å². The van der Waals surface area contributed by atoms with Crippen molar-refractivity contribution in [3.63, 3.8) is 0 Å². The zero-order valence-corrected chi connectivity index (χ0v) is 17.0. The minimum absolute atomic E-state index is 0.389. The number of hydrogen-bond donors (Lipinski definition) is 2. The van der Waals surface area contributed by atoms with Crippen LogP contribution < -0.4 is 10.6 Å². The van der Waals surface area contributed by atoms with E-state index in [0.717, 1.165) is 14.9 Å². The molecule has 0 aliphatic carbocycles. The van der Waals surface area contributed by atoms with Crippen LogP contribution in [0.1, 0.15) is 18.1 Å². The Morgan fingerprint density at radius 2 is 2.00 bits per heavy atom. The summed E-state index contributed by atoms with van der Waals surface area (Å²) in [4.78, 5) is 38.4. The smallest absolute Gasteiger partial charge is 0.324 e. The third-order valence-corrected chi connectivity index (χ3v) is 5.33. The summed E-state index contributed by atoms with van der Waals surface area (Å²) in [5.41, 5.74) is 0.781. The molecule has 1 atom stereocenters. The number of anilines is 1. The van der Waals surface area contributed by atoms with Gasteiger partial charge >= 0.3 is 6.03 Å². The number of nitrogens with one attached hydrogen (secondary N) is 2. The molecule has 1 aliphatic rings. The largest absolute Gasteiger partial charge is 0.325 e. The van der Waals surface area contributed by atoms with Crippen LogP contribution in [0.4, 0.5) is 10.5 Å². The normalized spacial score (nSPS) is 19.2. The van der Waals surface area contributed by atoms with E-state index in [1.807, 2.05) is 13.0 Å². The number of aryl methyl sites for hydroxylation is 1. The van der Waals surface area contributed by atoms with Crippen molar-refractivity contribution in [1.29, 1.82) is 0 Å². The van der Waals surface area contributed by atoms with Gasteiger partial charge in [0.25, 0.3) is 5.91 Å². The summed E-state index contributed by atoms with van der Waals surface area (Å²) in [5, 5.41) is 5.84. The van der Waals surface area contributed by atoms with E-state index in [1.54, 1.807) is 43.3 Å². The molecular weight excluding hydrogens is 434 g/mol. The molecule has 1 saturated heterocycles. The lowest BCUT2D eigenvalue weighted by Gasteiger charge is -2.22. The fourth-order valence-electron chi connectivity index (χ4n) is 2.85. The van der Waals surface area contributed by atoms with Gasteiger partial charge in [-0.25, -0.2) is 4.79 Å². The summed E-state index contributed by atoms with van der Waals surface area (Å²) in [6.07, 6.45) is 0. The summed E-state index contributed by atoms with van der Waals surface area (Å²) in [6.45, 7) is 3.08. The molecular formula is C19H17BrClN3O3. The second-order valence-electron chi connectivity index (χ2n) is 6.47. The van der Waals surface area contributed by atoms with Crippen LogP contribution in [0.25, 0.3) is 0 Å². The molecule has 4 amide bonds. The van der Waals surface area contributed by atoms with Crippen LogP contribution >= 0.6 is 27.5 Å². The van der Waals surface area contributed by atoms with Gasteiger partial charge in [0.1, 0.15) is 12.1 Å². The molecule has 0 unspecified atom stereocenters. The molecule has 6 nitrogen and oxygen atoms in total. The van der Waals surface area contributed by atoms with Crippen LogP contribution in [-0.2, 0) is 15.1 Å². The molecule has 0 saturated carbocycles. The second kappa shape index (κ2) is 7.32. The predicted octanol–water partition coefficient (Wildman–Crippen LogP) is 3.82. The molecule has 2 aromatic carbocycles. The Hall–Kier alpha value is -2.38. The number of benzene rings is 2. The number of hydrogen-bond acceptors (Lipinski definition) is 3. The lowest BCUT2D eigenvalue weighted by Crippen LogP contribution is -2.42. The van der Waals surface area contributed by atoms with Gasteiger partial charge in [0.2, 0.25) is 5.91 Å². The van der Waals surface area contributed by atoms with Crippen molar-refractivity contribution in [2.45, 2.75) is 19.4 Å². The SMILES string of the molecule is Cc1ccc(NC(=O)CN2C(=O)N[C@@](C)(c3cccc(Br)c3)C2=O)cc1Cl. The van der Waals surface area contributed by atoms with Gasteiger partial charge in [-0.1, -0.05) is 45.7 Å². The number of halogens is 2. The van der Waals surface area contributed by atoms with Gasteiger partial charge in [-0.15, -0.1) is 0 Å². The maximum atomic E-state index is 12.9. The molecule has 8 heteroatoms. The summed E-state index contributed by atoms with van der Waals surface area (Å²) in [5.74, 6) is -0.973. The molecule has 27 heavy (non-hydrogen) atoms. The number of rotatable bonds is 4. The molecule has 2 N–H and O–H groups in total. The van der Waals surface area contributed by atoms with Crippen molar-refractivity contribution in [3.8, 4) is 0 Å². The van der Waals surface area contributed by atoms with Crippen molar-refractivity contribution in [2.75, 3.05) is 11.9 Å². The van der Waals surface area contributed by atoms with Gasteiger partial charge in [0.15, 0.2) is 0 Å². The average Bonchev–Trinajstić information content (AvgIpc) is 2.82.